The number of hydrogen-bond donors (Lipinski definition) is 2. The second-order valence-corrected chi connectivity index (χ2v) is 4.71. The van der Waals surface area contributed by atoms with Gasteiger partial charge in [0.2, 0.25) is 0 Å². The van der Waals surface area contributed by atoms with Gasteiger partial charge in [-0.05, 0) is 27.2 Å². The van der Waals surface area contributed by atoms with Gasteiger partial charge in [-0.15, -0.1) is 0 Å². The molecule has 0 spiro atoms. The molecule has 82 valence electrons. The van der Waals surface area contributed by atoms with Crippen molar-refractivity contribution in [3.8, 4) is 6.07 Å². The summed E-state index contributed by atoms with van der Waals surface area (Å²) in [7, 11) is 0. The molecule has 0 aromatic carbocycles. The summed E-state index contributed by atoms with van der Waals surface area (Å²) in [6, 6.07) is 2.25. The van der Waals surface area contributed by atoms with E-state index in [4.69, 9.17) is 5.26 Å². The lowest BCUT2D eigenvalue weighted by atomic mass is 9.95. The van der Waals surface area contributed by atoms with Crippen LogP contribution in [-0.2, 0) is 0 Å². The topological polar surface area (TPSA) is 59.3 Å². The molecule has 2 N–H and O–H groups in total. The maximum Gasteiger partial charge on any atom is 0.123 e. The molecule has 0 bridgehead atoms. The molecule has 1 heterocycles. The van der Waals surface area contributed by atoms with Gasteiger partial charge in [-0.25, -0.2) is 0 Å². The SMILES string of the molecule is C.CC(C)(C)NC1(C#N)CCN(O)C1. The van der Waals surface area contributed by atoms with Crippen LogP contribution in [-0.4, -0.2) is 34.4 Å². The van der Waals surface area contributed by atoms with E-state index in [-0.39, 0.29) is 13.0 Å². The van der Waals surface area contributed by atoms with E-state index in [0.29, 0.717) is 19.5 Å². The highest BCUT2D eigenvalue weighted by molar-refractivity contribution is 5.13. The fourth-order valence-electron chi connectivity index (χ4n) is 1.73. The van der Waals surface area contributed by atoms with E-state index in [9.17, 15) is 5.21 Å². The van der Waals surface area contributed by atoms with Crippen molar-refractivity contribution in [2.24, 2.45) is 0 Å². The summed E-state index contributed by atoms with van der Waals surface area (Å²) in [5.74, 6) is 0. The quantitative estimate of drug-likeness (QED) is 0.669. The van der Waals surface area contributed by atoms with Crippen LogP contribution >= 0.6 is 0 Å². The van der Waals surface area contributed by atoms with Crippen LogP contribution in [0.1, 0.15) is 34.6 Å². The number of nitriles is 1. The van der Waals surface area contributed by atoms with E-state index in [1.165, 1.54) is 5.06 Å². The molecule has 0 aliphatic carbocycles. The molecule has 14 heavy (non-hydrogen) atoms. The molecule has 4 heteroatoms. The number of hydroxylamine groups is 2. The number of hydrogen-bond acceptors (Lipinski definition) is 4. The Balaban J connectivity index is 0.00000169. The monoisotopic (exact) mass is 199 g/mol. The number of rotatable bonds is 1. The Bertz CT molecular complexity index is 229. The minimum atomic E-state index is -0.576. The van der Waals surface area contributed by atoms with Crippen LogP contribution in [0.25, 0.3) is 0 Å². The van der Waals surface area contributed by atoms with Crippen molar-refractivity contribution in [1.82, 2.24) is 10.4 Å². The predicted octanol–water partition coefficient (Wildman–Crippen LogP) is 1.37. The van der Waals surface area contributed by atoms with Crippen molar-refractivity contribution in [3.05, 3.63) is 0 Å². The lowest BCUT2D eigenvalue weighted by Crippen LogP contribution is -2.54. The van der Waals surface area contributed by atoms with Crippen LogP contribution in [0.5, 0.6) is 0 Å². The normalized spacial score (nSPS) is 28.2. The van der Waals surface area contributed by atoms with Gasteiger partial charge in [0.1, 0.15) is 5.54 Å². The lowest BCUT2D eigenvalue weighted by Gasteiger charge is -2.31. The second-order valence-electron chi connectivity index (χ2n) is 4.71. The highest BCUT2D eigenvalue weighted by Crippen LogP contribution is 2.22. The predicted molar refractivity (Wildman–Crippen MR) is 55.9 cm³/mol. The van der Waals surface area contributed by atoms with Gasteiger partial charge in [-0.3, -0.25) is 5.32 Å². The Morgan fingerprint density at radius 3 is 2.36 bits per heavy atom. The zero-order valence-corrected chi connectivity index (χ0v) is 8.46. The molecule has 1 saturated heterocycles. The zero-order valence-electron chi connectivity index (χ0n) is 8.46. The first-order valence-corrected chi connectivity index (χ1v) is 4.51. The molecule has 1 aliphatic rings. The first kappa shape index (κ1) is 13.4. The zero-order chi connectivity index (χ0) is 10.1. The Hall–Kier alpha value is -0.630. The van der Waals surface area contributed by atoms with Crippen molar-refractivity contribution >= 4 is 0 Å². The van der Waals surface area contributed by atoms with E-state index < -0.39 is 5.54 Å². The van der Waals surface area contributed by atoms with Gasteiger partial charge < -0.3 is 5.21 Å². The van der Waals surface area contributed by atoms with Crippen molar-refractivity contribution < 1.29 is 5.21 Å². The molecule has 1 aliphatic heterocycles. The largest absolute Gasteiger partial charge is 0.314 e. The standard InChI is InChI=1S/C9H17N3O.CH4/c1-8(2,3)11-9(6-10)4-5-12(13)7-9;/h11,13H,4-5,7H2,1-3H3;1H4. The third kappa shape index (κ3) is 3.26. The van der Waals surface area contributed by atoms with Crippen molar-refractivity contribution in [1.29, 1.82) is 5.26 Å². The van der Waals surface area contributed by atoms with Gasteiger partial charge in [0, 0.05) is 12.1 Å². The lowest BCUT2D eigenvalue weighted by molar-refractivity contribution is -0.0725. The van der Waals surface area contributed by atoms with E-state index in [1.807, 2.05) is 20.8 Å². The summed E-state index contributed by atoms with van der Waals surface area (Å²) < 4.78 is 0. The summed E-state index contributed by atoms with van der Waals surface area (Å²) in [5.41, 5.74) is -0.673. The molecule has 1 unspecified atom stereocenters. The van der Waals surface area contributed by atoms with Gasteiger partial charge in [0.05, 0.1) is 12.6 Å². The summed E-state index contributed by atoms with van der Waals surface area (Å²) in [4.78, 5) is 0. The van der Waals surface area contributed by atoms with Gasteiger partial charge in [0.15, 0.2) is 0 Å². The van der Waals surface area contributed by atoms with E-state index in [2.05, 4.69) is 11.4 Å². The molecule has 0 aromatic heterocycles. The molecule has 1 rings (SSSR count). The fourth-order valence-corrected chi connectivity index (χ4v) is 1.73. The Morgan fingerprint density at radius 2 is 2.07 bits per heavy atom. The van der Waals surface area contributed by atoms with E-state index in [1.54, 1.807) is 0 Å². The maximum atomic E-state index is 9.23. The van der Waals surface area contributed by atoms with Crippen LogP contribution in [0.15, 0.2) is 0 Å². The van der Waals surface area contributed by atoms with Gasteiger partial charge in [0.25, 0.3) is 0 Å². The summed E-state index contributed by atoms with van der Waals surface area (Å²) in [6.07, 6.45) is 0.678. The average Bonchev–Trinajstić information content (AvgIpc) is 2.29. The van der Waals surface area contributed by atoms with Crippen LogP contribution < -0.4 is 5.32 Å². The summed E-state index contributed by atoms with van der Waals surface area (Å²) in [5, 5.41) is 22.7. The molecule has 4 nitrogen and oxygen atoms in total. The smallest absolute Gasteiger partial charge is 0.123 e. The molecule has 0 radical (unpaired) electrons. The molecular weight excluding hydrogens is 178 g/mol. The van der Waals surface area contributed by atoms with Crippen LogP contribution in [0.2, 0.25) is 0 Å². The minimum absolute atomic E-state index is 0. The van der Waals surface area contributed by atoms with Gasteiger partial charge >= 0.3 is 0 Å². The second kappa shape index (κ2) is 4.26. The highest BCUT2D eigenvalue weighted by atomic mass is 16.5. The van der Waals surface area contributed by atoms with Crippen LogP contribution in [0, 0.1) is 11.3 Å². The van der Waals surface area contributed by atoms with Crippen LogP contribution in [0.4, 0.5) is 0 Å². The Labute approximate surface area is 86.5 Å². The third-order valence-electron chi connectivity index (χ3n) is 2.08. The molecule has 0 amide bonds. The average molecular weight is 199 g/mol. The van der Waals surface area contributed by atoms with E-state index >= 15 is 0 Å². The fraction of sp³-hybridized carbons (Fsp3) is 0.900. The summed E-state index contributed by atoms with van der Waals surface area (Å²) in [6.45, 7) is 7.02. The van der Waals surface area contributed by atoms with Crippen molar-refractivity contribution in [2.45, 2.75) is 45.7 Å². The molecular formula is C10H21N3O. The third-order valence-corrected chi connectivity index (χ3v) is 2.08. The molecule has 1 atom stereocenters. The van der Waals surface area contributed by atoms with Gasteiger partial charge in [-0.1, -0.05) is 7.43 Å². The number of nitrogens with one attached hydrogen (secondary N) is 1. The molecule has 1 fully saturated rings. The summed E-state index contributed by atoms with van der Waals surface area (Å²) >= 11 is 0. The maximum absolute atomic E-state index is 9.23. The first-order chi connectivity index (χ1) is 5.87. The Kier molecular flexibility index (Phi) is 4.07. The van der Waals surface area contributed by atoms with E-state index in [0.717, 1.165) is 0 Å². The number of nitrogens with zero attached hydrogens (tertiary/aromatic N) is 2. The van der Waals surface area contributed by atoms with Gasteiger partial charge in [-0.2, -0.15) is 10.3 Å². The highest BCUT2D eigenvalue weighted by Gasteiger charge is 2.40. The Morgan fingerprint density at radius 1 is 1.50 bits per heavy atom. The minimum Gasteiger partial charge on any atom is -0.314 e. The first-order valence-electron chi connectivity index (χ1n) is 4.51. The van der Waals surface area contributed by atoms with Crippen molar-refractivity contribution in [3.63, 3.8) is 0 Å². The molecule has 0 saturated carbocycles. The van der Waals surface area contributed by atoms with Crippen molar-refractivity contribution in [2.75, 3.05) is 13.1 Å². The molecule has 0 aromatic rings. The van der Waals surface area contributed by atoms with Crippen LogP contribution in [0.3, 0.4) is 0 Å².